The van der Waals surface area contributed by atoms with Gasteiger partial charge in [0.25, 0.3) is 0 Å². The lowest BCUT2D eigenvalue weighted by Crippen LogP contribution is -2.39. The number of hydrogen-bond acceptors (Lipinski definition) is 0. The van der Waals surface area contributed by atoms with Crippen LogP contribution in [0.1, 0.15) is 11.1 Å². The van der Waals surface area contributed by atoms with Crippen LogP contribution in [-0.4, -0.2) is 8.07 Å². The molecule has 4 heteroatoms. The summed E-state index contributed by atoms with van der Waals surface area (Å²) in [5.74, 6) is 0. The van der Waals surface area contributed by atoms with E-state index in [1.807, 2.05) is 36.4 Å². The van der Waals surface area contributed by atoms with Gasteiger partial charge in [0, 0.05) is 0 Å². The van der Waals surface area contributed by atoms with Gasteiger partial charge in [0.2, 0.25) is 0 Å². The first kappa shape index (κ1) is 15.6. The van der Waals surface area contributed by atoms with Gasteiger partial charge in [-0.05, 0) is 5.56 Å². The SMILES string of the molecule is C[Si](C)(/C=C\c1ccccc1)c1ccc(C(F)(F)F)cc1. The molecule has 0 N–H and O–H groups in total. The molecular weight excluding hydrogens is 289 g/mol. The van der Waals surface area contributed by atoms with Crippen molar-refractivity contribution in [2.75, 3.05) is 0 Å². The van der Waals surface area contributed by atoms with Gasteiger partial charge in [-0.15, -0.1) is 0 Å². The Morgan fingerprint density at radius 1 is 0.857 bits per heavy atom. The van der Waals surface area contributed by atoms with E-state index in [4.69, 9.17) is 0 Å². The van der Waals surface area contributed by atoms with Crippen LogP contribution in [0.25, 0.3) is 6.08 Å². The Bertz CT molecular complexity index is 611. The lowest BCUT2D eigenvalue weighted by molar-refractivity contribution is -0.137. The van der Waals surface area contributed by atoms with Crippen LogP contribution < -0.4 is 5.19 Å². The fraction of sp³-hybridized carbons (Fsp3) is 0.176. The van der Waals surface area contributed by atoms with Crippen molar-refractivity contribution in [1.82, 2.24) is 0 Å². The van der Waals surface area contributed by atoms with Crippen molar-refractivity contribution >= 4 is 19.3 Å². The second kappa shape index (κ2) is 5.90. The molecule has 0 bridgehead atoms. The summed E-state index contributed by atoms with van der Waals surface area (Å²) < 4.78 is 37.7. The zero-order chi connectivity index (χ0) is 15.5. The van der Waals surface area contributed by atoms with Gasteiger partial charge >= 0.3 is 6.18 Å². The standard InChI is InChI=1S/C17H17F3Si/c1-21(2,13-12-14-6-4-3-5-7-14)16-10-8-15(9-11-16)17(18,19)20/h3-13H,1-2H3/b13-12-. The second-order valence-corrected chi connectivity index (χ2v) is 9.89. The summed E-state index contributed by atoms with van der Waals surface area (Å²) in [6.45, 7) is 4.24. The van der Waals surface area contributed by atoms with Gasteiger partial charge in [0.1, 0.15) is 8.07 Å². The number of halogens is 3. The van der Waals surface area contributed by atoms with Gasteiger partial charge in [0.15, 0.2) is 0 Å². The van der Waals surface area contributed by atoms with E-state index in [1.54, 1.807) is 12.1 Å². The van der Waals surface area contributed by atoms with E-state index < -0.39 is 19.8 Å². The molecule has 110 valence electrons. The van der Waals surface area contributed by atoms with Crippen LogP contribution in [0.4, 0.5) is 13.2 Å². The highest BCUT2D eigenvalue weighted by atomic mass is 28.3. The first-order chi connectivity index (χ1) is 9.79. The molecular formula is C17H17F3Si. The molecule has 0 atom stereocenters. The van der Waals surface area contributed by atoms with Crippen molar-refractivity contribution in [1.29, 1.82) is 0 Å². The molecule has 0 fully saturated rings. The highest BCUT2D eigenvalue weighted by molar-refractivity contribution is 6.94. The zero-order valence-corrected chi connectivity index (χ0v) is 13.0. The van der Waals surface area contributed by atoms with Crippen molar-refractivity contribution in [3.63, 3.8) is 0 Å². The summed E-state index contributed by atoms with van der Waals surface area (Å²) >= 11 is 0. The summed E-state index contributed by atoms with van der Waals surface area (Å²) in [5.41, 5.74) is 2.65. The minimum absolute atomic E-state index is 0.594. The maximum Gasteiger partial charge on any atom is 0.416 e. The fourth-order valence-corrected chi connectivity index (χ4v) is 3.88. The third kappa shape index (κ3) is 4.08. The van der Waals surface area contributed by atoms with Crippen molar-refractivity contribution in [2.24, 2.45) is 0 Å². The smallest absolute Gasteiger partial charge is 0.166 e. The molecule has 0 aliphatic heterocycles. The summed E-state index contributed by atoms with van der Waals surface area (Å²) in [5, 5.41) is 0.989. The molecule has 0 amide bonds. The number of alkyl halides is 3. The van der Waals surface area contributed by atoms with E-state index in [9.17, 15) is 13.2 Å². The minimum Gasteiger partial charge on any atom is -0.166 e. The van der Waals surface area contributed by atoms with Gasteiger partial charge in [-0.1, -0.05) is 84.7 Å². The molecule has 0 nitrogen and oxygen atoms in total. The summed E-state index contributed by atoms with van der Waals surface area (Å²) in [7, 11) is -1.89. The number of benzene rings is 2. The van der Waals surface area contributed by atoms with Crippen LogP contribution in [-0.2, 0) is 6.18 Å². The minimum atomic E-state index is -4.27. The molecule has 0 aliphatic rings. The molecule has 0 spiro atoms. The van der Waals surface area contributed by atoms with Crippen LogP contribution in [0.3, 0.4) is 0 Å². The third-order valence-electron chi connectivity index (χ3n) is 3.45. The normalized spacial score (nSPS) is 12.8. The van der Waals surface area contributed by atoms with Crippen LogP contribution in [0.5, 0.6) is 0 Å². The van der Waals surface area contributed by atoms with E-state index in [1.165, 1.54) is 12.1 Å². The quantitative estimate of drug-likeness (QED) is 0.709. The van der Waals surface area contributed by atoms with E-state index in [-0.39, 0.29) is 0 Å². The number of rotatable bonds is 3. The molecule has 0 radical (unpaired) electrons. The predicted molar refractivity (Wildman–Crippen MR) is 84.0 cm³/mol. The third-order valence-corrected chi connectivity index (χ3v) is 6.27. The summed E-state index contributed by atoms with van der Waals surface area (Å²) in [6, 6.07) is 15.4. The van der Waals surface area contributed by atoms with Gasteiger partial charge in [-0.3, -0.25) is 0 Å². The Morgan fingerprint density at radius 3 is 1.95 bits per heavy atom. The van der Waals surface area contributed by atoms with E-state index in [0.29, 0.717) is 0 Å². The summed E-state index contributed by atoms with van der Waals surface area (Å²) in [6.07, 6.45) is -2.23. The highest BCUT2D eigenvalue weighted by Crippen LogP contribution is 2.28. The van der Waals surface area contributed by atoms with Gasteiger partial charge in [0.05, 0.1) is 5.56 Å². The Hall–Kier alpha value is -1.81. The highest BCUT2D eigenvalue weighted by Gasteiger charge is 2.30. The molecule has 0 saturated carbocycles. The maximum absolute atomic E-state index is 12.6. The lowest BCUT2D eigenvalue weighted by Gasteiger charge is -2.19. The molecule has 0 unspecified atom stereocenters. The van der Waals surface area contributed by atoms with E-state index in [2.05, 4.69) is 18.8 Å². The topological polar surface area (TPSA) is 0 Å². The first-order valence-electron chi connectivity index (χ1n) is 6.71. The van der Waals surface area contributed by atoms with Crippen LogP contribution in [0, 0.1) is 0 Å². The van der Waals surface area contributed by atoms with Gasteiger partial charge in [-0.2, -0.15) is 13.2 Å². The molecule has 0 aromatic heterocycles. The Kier molecular flexibility index (Phi) is 4.37. The van der Waals surface area contributed by atoms with Crippen molar-refractivity contribution in [3.05, 3.63) is 71.4 Å². The predicted octanol–water partition coefficient (Wildman–Crippen LogP) is 4.87. The summed E-state index contributed by atoms with van der Waals surface area (Å²) in [4.78, 5) is 0. The number of hydrogen-bond donors (Lipinski definition) is 0. The van der Waals surface area contributed by atoms with Gasteiger partial charge < -0.3 is 0 Å². The van der Waals surface area contributed by atoms with Crippen LogP contribution in [0.2, 0.25) is 13.1 Å². The van der Waals surface area contributed by atoms with Crippen molar-refractivity contribution in [2.45, 2.75) is 19.3 Å². The Labute approximate surface area is 124 Å². The van der Waals surface area contributed by atoms with Crippen molar-refractivity contribution in [3.8, 4) is 0 Å². The van der Waals surface area contributed by atoms with Gasteiger partial charge in [-0.25, -0.2) is 0 Å². The molecule has 0 heterocycles. The van der Waals surface area contributed by atoms with Crippen LogP contribution >= 0.6 is 0 Å². The Morgan fingerprint density at radius 2 is 1.43 bits per heavy atom. The van der Waals surface area contributed by atoms with E-state index in [0.717, 1.165) is 10.8 Å². The van der Waals surface area contributed by atoms with Crippen LogP contribution in [0.15, 0.2) is 60.3 Å². The molecule has 2 rings (SSSR count). The monoisotopic (exact) mass is 306 g/mol. The molecule has 2 aromatic carbocycles. The first-order valence-corrected chi connectivity index (χ1v) is 9.79. The lowest BCUT2D eigenvalue weighted by atomic mass is 10.2. The fourth-order valence-electron chi connectivity index (χ4n) is 2.05. The van der Waals surface area contributed by atoms with Crippen molar-refractivity contribution < 1.29 is 13.2 Å². The molecule has 2 aromatic rings. The average Bonchev–Trinajstić information content (AvgIpc) is 2.46. The molecule has 0 saturated heterocycles. The largest absolute Gasteiger partial charge is 0.416 e. The average molecular weight is 306 g/mol. The Balaban J connectivity index is 2.21. The molecule has 21 heavy (non-hydrogen) atoms. The maximum atomic E-state index is 12.6. The van der Waals surface area contributed by atoms with E-state index >= 15 is 0 Å². The second-order valence-electron chi connectivity index (χ2n) is 5.54. The molecule has 0 aliphatic carbocycles. The zero-order valence-electron chi connectivity index (χ0n) is 12.0.